The summed E-state index contributed by atoms with van der Waals surface area (Å²) >= 11 is 0. The molecule has 0 radical (unpaired) electrons. The second-order valence-corrected chi connectivity index (χ2v) is 10.1. The van der Waals surface area contributed by atoms with Crippen molar-refractivity contribution in [3.05, 3.63) is 139 Å². The smallest absolute Gasteiger partial charge is 0.308 e. The third-order valence-corrected chi connectivity index (χ3v) is 7.48. The monoisotopic (exact) mass is 566 g/mol. The molecule has 0 aliphatic carbocycles. The van der Waals surface area contributed by atoms with E-state index >= 15 is 0 Å². The van der Waals surface area contributed by atoms with Crippen molar-refractivity contribution in [2.24, 2.45) is 0 Å². The highest BCUT2D eigenvalue weighted by atomic mass is 19.4. The summed E-state index contributed by atoms with van der Waals surface area (Å²) in [4.78, 5) is 9.77. The number of halogens is 3. The van der Waals surface area contributed by atoms with Gasteiger partial charge in [-0.3, -0.25) is 0 Å². The van der Waals surface area contributed by atoms with Crippen molar-refractivity contribution in [1.29, 1.82) is 5.26 Å². The van der Waals surface area contributed by atoms with Crippen LogP contribution in [0.2, 0.25) is 0 Å². The third-order valence-electron chi connectivity index (χ3n) is 7.48. The minimum atomic E-state index is -4.48. The number of benzene rings is 5. The molecule has 0 bridgehead atoms. The number of para-hydroxylation sites is 1. The van der Waals surface area contributed by atoms with E-state index < -0.39 is 11.7 Å². The van der Waals surface area contributed by atoms with Gasteiger partial charge < -0.3 is 4.57 Å². The van der Waals surface area contributed by atoms with Crippen LogP contribution in [0.25, 0.3) is 61.4 Å². The van der Waals surface area contributed by atoms with Crippen molar-refractivity contribution in [1.82, 2.24) is 14.5 Å². The Morgan fingerprint density at radius 1 is 0.581 bits per heavy atom. The zero-order valence-electron chi connectivity index (χ0n) is 22.5. The van der Waals surface area contributed by atoms with Gasteiger partial charge in [0.15, 0.2) is 5.82 Å². The second-order valence-electron chi connectivity index (χ2n) is 10.1. The molecule has 5 aromatic carbocycles. The van der Waals surface area contributed by atoms with Gasteiger partial charge in [-0.25, -0.2) is 9.97 Å². The number of nitriles is 1. The van der Waals surface area contributed by atoms with Gasteiger partial charge in [-0.15, -0.1) is 0 Å². The van der Waals surface area contributed by atoms with E-state index in [4.69, 9.17) is 9.97 Å². The first-order valence-electron chi connectivity index (χ1n) is 13.6. The largest absolute Gasteiger partial charge is 0.416 e. The van der Waals surface area contributed by atoms with Crippen molar-refractivity contribution in [3.8, 4) is 45.7 Å². The highest BCUT2D eigenvalue weighted by molar-refractivity contribution is 6.09. The van der Waals surface area contributed by atoms with Crippen molar-refractivity contribution < 1.29 is 13.2 Å². The van der Waals surface area contributed by atoms with Crippen LogP contribution in [0.4, 0.5) is 13.2 Å². The maximum atomic E-state index is 13.7. The minimum absolute atomic E-state index is 0.381. The van der Waals surface area contributed by atoms with Crippen LogP contribution >= 0.6 is 0 Å². The van der Waals surface area contributed by atoms with E-state index in [1.54, 1.807) is 18.2 Å². The highest BCUT2D eigenvalue weighted by Gasteiger charge is 2.31. The number of alkyl halides is 3. The summed E-state index contributed by atoms with van der Waals surface area (Å²) < 4.78 is 42.8. The number of rotatable bonds is 4. The van der Waals surface area contributed by atoms with E-state index in [1.165, 1.54) is 12.1 Å². The fraction of sp³-hybridized carbons (Fsp3) is 0.0278. The third kappa shape index (κ3) is 4.69. The first-order chi connectivity index (χ1) is 20.9. The fourth-order valence-electron chi connectivity index (χ4n) is 5.45. The zero-order chi connectivity index (χ0) is 29.6. The molecule has 0 unspecified atom stereocenters. The lowest BCUT2D eigenvalue weighted by atomic mass is 10.0. The Labute approximate surface area is 245 Å². The number of fused-ring (bicyclic) bond motifs is 3. The van der Waals surface area contributed by atoms with Gasteiger partial charge in [-0.05, 0) is 42.5 Å². The van der Waals surface area contributed by atoms with Crippen LogP contribution in [-0.4, -0.2) is 14.5 Å². The highest BCUT2D eigenvalue weighted by Crippen LogP contribution is 2.38. The Bertz CT molecular complexity index is 2120. The molecule has 0 fully saturated rings. The first kappa shape index (κ1) is 26.2. The molecule has 7 rings (SSSR count). The topological polar surface area (TPSA) is 54.5 Å². The summed E-state index contributed by atoms with van der Waals surface area (Å²) in [6.07, 6.45) is -4.48. The lowest BCUT2D eigenvalue weighted by molar-refractivity contribution is -0.137. The molecule has 4 nitrogen and oxygen atoms in total. The summed E-state index contributed by atoms with van der Waals surface area (Å²) in [5.74, 6) is 0.555. The molecule has 2 aromatic heterocycles. The van der Waals surface area contributed by atoms with Crippen LogP contribution in [-0.2, 0) is 6.18 Å². The van der Waals surface area contributed by atoms with Crippen molar-refractivity contribution >= 4 is 21.8 Å². The van der Waals surface area contributed by atoms with Crippen LogP contribution in [0.1, 0.15) is 11.1 Å². The van der Waals surface area contributed by atoms with Crippen molar-refractivity contribution in [2.45, 2.75) is 6.18 Å². The van der Waals surface area contributed by atoms with Crippen molar-refractivity contribution in [3.63, 3.8) is 0 Å². The first-order valence-corrected chi connectivity index (χ1v) is 13.6. The quantitative estimate of drug-likeness (QED) is 0.213. The summed E-state index contributed by atoms with van der Waals surface area (Å²) in [6.45, 7) is 0. The molecule has 0 aliphatic heterocycles. The van der Waals surface area contributed by atoms with Crippen LogP contribution in [0.5, 0.6) is 0 Å². The Hall–Kier alpha value is -5.74. The molecule has 43 heavy (non-hydrogen) atoms. The zero-order valence-corrected chi connectivity index (χ0v) is 22.5. The number of hydrogen-bond acceptors (Lipinski definition) is 3. The Morgan fingerprint density at radius 2 is 1.21 bits per heavy atom. The Morgan fingerprint density at radius 3 is 1.91 bits per heavy atom. The number of aromatic nitrogens is 3. The molecule has 0 spiro atoms. The van der Waals surface area contributed by atoms with E-state index in [0.29, 0.717) is 44.6 Å². The Kier molecular flexibility index (Phi) is 6.25. The van der Waals surface area contributed by atoms with Gasteiger partial charge in [0.25, 0.3) is 0 Å². The molecule has 206 valence electrons. The fourth-order valence-corrected chi connectivity index (χ4v) is 5.45. The van der Waals surface area contributed by atoms with E-state index in [-0.39, 0.29) is 0 Å². The Balaban J connectivity index is 1.48. The molecular formula is C36H21F3N4. The average Bonchev–Trinajstić information content (AvgIpc) is 3.38. The molecule has 0 saturated carbocycles. The maximum Gasteiger partial charge on any atom is 0.416 e. The number of nitrogens with zero attached hydrogens (tertiary/aromatic N) is 4. The van der Waals surface area contributed by atoms with Gasteiger partial charge in [0.2, 0.25) is 0 Å². The van der Waals surface area contributed by atoms with Gasteiger partial charge in [0.05, 0.1) is 39.2 Å². The van der Waals surface area contributed by atoms with Crippen LogP contribution in [0.3, 0.4) is 0 Å². The van der Waals surface area contributed by atoms with Crippen LogP contribution < -0.4 is 0 Å². The molecule has 7 aromatic rings. The molecule has 0 aliphatic rings. The lowest BCUT2D eigenvalue weighted by Crippen LogP contribution is -2.04. The van der Waals surface area contributed by atoms with Gasteiger partial charge in [0.1, 0.15) is 6.07 Å². The predicted molar refractivity (Wildman–Crippen MR) is 162 cm³/mol. The molecule has 0 atom stereocenters. The molecule has 0 saturated heterocycles. The predicted octanol–water partition coefficient (Wildman–Crippen LogP) is 9.47. The van der Waals surface area contributed by atoms with Crippen LogP contribution in [0, 0.1) is 11.3 Å². The van der Waals surface area contributed by atoms with E-state index in [0.717, 1.165) is 28.5 Å². The van der Waals surface area contributed by atoms with Gasteiger partial charge in [0, 0.05) is 27.5 Å². The molecule has 2 heterocycles. The second kappa shape index (κ2) is 10.3. The maximum absolute atomic E-state index is 13.7. The molecule has 0 amide bonds. The van der Waals surface area contributed by atoms with Crippen LogP contribution in [0.15, 0.2) is 127 Å². The van der Waals surface area contributed by atoms with E-state index in [9.17, 15) is 18.4 Å². The normalized spacial score (nSPS) is 11.6. The van der Waals surface area contributed by atoms with Gasteiger partial charge >= 0.3 is 6.18 Å². The molecule has 7 heteroatoms. The molecular weight excluding hydrogens is 545 g/mol. The van der Waals surface area contributed by atoms with Gasteiger partial charge in [-0.2, -0.15) is 18.4 Å². The van der Waals surface area contributed by atoms with Crippen molar-refractivity contribution in [2.75, 3.05) is 0 Å². The van der Waals surface area contributed by atoms with Gasteiger partial charge in [-0.1, -0.05) is 84.9 Å². The summed E-state index contributed by atoms with van der Waals surface area (Å²) in [7, 11) is 0. The molecule has 0 N–H and O–H groups in total. The summed E-state index contributed by atoms with van der Waals surface area (Å²) in [5.41, 5.74) is 5.40. The SMILES string of the molecule is N#Cc1ccc(-c2cc(-c3ccccc3)nc(-c3ccccc3)n2)cc1-n1c2ccccc2c2cc(C(F)(F)F)ccc21. The summed E-state index contributed by atoms with van der Waals surface area (Å²) in [5, 5.41) is 11.2. The lowest BCUT2D eigenvalue weighted by Gasteiger charge is -2.14. The standard InChI is InChI=1S/C36H21F3N4/c37-36(38,39)27-17-18-33-29(20-27)28-13-7-8-14-32(28)43(33)34-19-25(15-16-26(34)22-40)31-21-30(23-9-3-1-4-10-23)41-35(42-31)24-11-5-2-6-12-24/h1-21H. The number of hydrogen-bond donors (Lipinski definition) is 0. The van der Waals surface area contributed by atoms with E-state index in [1.807, 2.05) is 95.6 Å². The minimum Gasteiger partial charge on any atom is -0.308 e. The summed E-state index contributed by atoms with van der Waals surface area (Å²) in [6, 6.07) is 40.1. The average molecular weight is 567 g/mol. The van der Waals surface area contributed by atoms with E-state index in [2.05, 4.69) is 6.07 Å².